The number of nitrogens with one attached hydrogen (secondary N) is 2. The van der Waals surface area contributed by atoms with Crippen molar-refractivity contribution in [1.29, 1.82) is 0 Å². The van der Waals surface area contributed by atoms with Crippen molar-refractivity contribution in [3.63, 3.8) is 0 Å². The first-order chi connectivity index (χ1) is 13.2. The number of hydrogen-bond donors (Lipinski definition) is 2. The molecule has 2 aliphatic rings. The van der Waals surface area contributed by atoms with E-state index in [1.165, 1.54) is 0 Å². The number of carbonyl (C=O) groups excluding carboxylic acids is 2. The van der Waals surface area contributed by atoms with Gasteiger partial charge in [-0.2, -0.15) is 0 Å². The fourth-order valence-electron chi connectivity index (χ4n) is 2.77. The Morgan fingerprint density at radius 3 is 2.44 bits per heavy atom. The summed E-state index contributed by atoms with van der Waals surface area (Å²) in [7, 11) is 0. The van der Waals surface area contributed by atoms with E-state index in [9.17, 15) is 9.59 Å². The smallest absolute Gasteiger partial charge is 0.251 e. The molecule has 0 unspecified atom stereocenters. The van der Waals surface area contributed by atoms with Crippen molar-refractivity contribution in [2.45, 2.75) is 6.42 Å². The third-order valence-electron chi connectivity index (χ3n) is 4.10. The molecule has 4 rings (SSSR count). The Kier molecular flexibility index (Phi) is 4.69. The maximum absolute atomic E-state index is 12.2. The zero-order valence-corrected chi connectivity index (χ0v) is 14.4. The quantitative estimate of drug-likeness (QED) is 0.835. The van der Waals surface area contributed by atoms with Crippen molar-refractivity contribution in [3.8, 4) is 23.0 Å². The molecule has 0 bridgehead atoms. The summed E-state index contributed by atoms with van der Waals surface area (Å²) >= 11 is 0. The zero-order valence-electron chi connectivity index (χ0n) is 14.4. The van der Waals surface area contributed by atoms with Gasteiger partial charge in [0, 0.05) is 30.3 Å². The predicted molar refractivity (Wildman–Crippen MR) is 95.6 cm³/mol. The van der Waals surface area contributed by atoms with Gasteiger partial charge in [-0.3, -0.25) is 9.59 Å². The Labute approximate surface area is 155 Å². The fraction of sp³-hybridized carbons (Fsp3) is 0.263. The molecule has 2 aromatic rings. The van der Waals surface area contributed by atoms with Crippen LogP contribution in [0.2, 0.25) is 0 Å². The number of ether oxygens (including phenoxy) is 4. The van der Waals surface area contributed by atoms with Crippen molar-refractivity contribution in [2.75, 3.05) is 31.9 Å². The molecule has 0 aliphatic carbocycles. The molecule has 0 aromatic heterocycles. The highest BCUT2D eigenvalue weighted by Crippen LogP contribution is 2.33. The Morgan fingerprint density at radius 2 is 1.56 bits per heavy atom. The molecular weight excluding hydrogens is 352 g/mol. The molecule has 8 heteroatoms. The molecule has 2 heterocycles. The summed E-state index contributed by atoms with van der Waals surface area (Å²) < 4.78 is 21.4. The van der Waals surface area contributed by atoms with Crippen molar-refractivity contribution in [3.05, 3.63) is 42.0 Å². The maximum Gasteiger partial charge on any atom is 0.251 e. The fourth-order valence-corrected chi connectivity index (χ4v) is 2.77. The van der Waals surface area contributed by atoms with E-state index in [1.807, 2.05) is 0 Å². The summed E-state index contributed by atoms with van der Waals surface area (Å²) in [5.74, 6) is 1.94. The minimum atomic E-state index is -0.277. The number of hydrogen-bond acceptors (Lipinski definition) is 6. The van der Waals surface area contributed by atoms with Crippen LogP contribution in [0.1, 0.15) is 16.8 Å². The van der Waals surface area contributed by atoms with Crippen LogP contribution in [0.5, 0.6) is 23.0 Å². The topological polar surface area (TPSA) is 95.1 Å². The highest BCUT2D eigenvalue weighted by Gasteiger charge is 2.16. The number of benzene rings is 2. The van der Waals surface area contributed by atoms with Crippen molar-refractivity contribution < 1.29 is 28.5 Å². The van der Waals surface area contributed by atoms with Crippen molar-refractivity contribution >= 4 is 17.5 Å². The average molecular weight is 370 g/mol. The summed E-state index contributed by atoms with van der Waals surface area (Å²) in [4.78, 5) is 24.3. The van der Waals surface area contributed by atoms with Gasteiger partial charge in [0.15, 0.2) is 23.0 Å². The van der Waals surface area contributed by atoms with Crippen LogP contribution in [0.3, 0.4) is 0 Å². The van der Waals surface area contributed by atoms with Gasteiger partial charge in [-0.25, -0.2) is 0 Å². The molecular formula is C19H18N2O6. The second kappa shape index (κ2) is 7.45. The normalized spacial score (nSPS) is 13.8. The van der Waals surface area contributed by atoms with Crippen LogP contribution in [0.25, 0.3) is 0 Å². The van der Waals surface area contributed by atoms with Gasteiger partial charge in [0.2, 0.25) is 12.7 Å². The van der Waals surface area contributed by atoms with Crippen LogP contribution in [0, 0.1) is 0 Å². The van der Waals surface area contributed by atoms with Gasteiger partial charge in [-0.15, -0.1) is 0 Å². The van der Waals surface area contributed by atoms with E-state index in [4.69, 9.17) is 18.9 Å². The molecule has 0 saturated carbocycles. The standard InChI is InChI=1S/C19H18N2O6/c22-18(21-13-2-4-14-17(10-13)25-8-7-24-14)5-6-20-19(23)12-1-3-15-16(9-12)27-11-26-15/h1-4,9-10H,5-8,11H2,(H,20,23)(H,21,22). The van der Waals surface area contributed by atoms with E-state index in [0.29, 0.717) is 47.5 Å². The first-order valence-corrected chi connectivity index (χ1v) is 8.56. The van der Waals surface area contributed by atoms with Gasteiger partial charge in [-0.1, -0.05) is 0 Å². The molecule has 8 nitrogen and oxygen atoms in total. The van der Waals surface area contributed by atoms with E-state index < -0.39 is 0 Å². The lowest BCUT2D eigenvalue weighted by molar-refractivity contribution is -0.116. The summed E-state index contributed by atoms with van der Waals surface area (Å²) in [5.41, 5.74) is 1.07. The van der Waals surface area contributed by atoms with Crippen LogP contribution >= 0.6 is 0 Å². The summed E-state index contributed by atoms with van der Waals surface area (Å²) in [5, 5.41) is 5.49. The highest BCUT2D eigenvalue weighted by atomic mass is 16.7. The molecule has 0 radical (unpaired) electrons. The van der Waals surface area contributed by atoms with Gasteiger partial charge >= 0.3 is 0 Å². The third kappa shape index (κ3) is 3.89. The van der Waals surface area contributed by atoms with Crippen molar-refractivity contribution in [1.82, 2.24) is 5.32 Å². The molecule has 0 atom stereocenters. The SMILES string of the molecule is O=C(CCNC(=O)c1ccc2c(c1)OCO2)Nc1ccc2c(c1)OCCO2. The summed E-state index contributed by atoms with van der Waals surface area (Å²) in [6, 6.07) is 10.2. The van der Waals surface area contributed by atoms with Crippen LogP contribution in [-0.4, -0.2) is 38.4 Å². The lowest BCUT2D eigenvalue weighted by Crippen LogP contribution is -2.27. The average Bonchev–Trinajstić information content (AvgIpc) is 3.15. The number of fused-ring (bicyclic) bond motifs is 2. The first-order valence-electron chi connectivity index (χ1n) is 8.56. The lowest BCUT2D eigenvalue weighted by atomic mass is 10.2. The molecule has 2 N–H and O–H groups in total. The predicted octanol–water partition coefficient (Wildman–Crippen LogP) is 1.95. The van der Waals surface area contributed by atoms with Crippen LogP contribution in [0.15, 0.2) is 36.4 Å². The first kappa shape index (κ1) is 17.0. The molecule has 2 amide bonds. The number of amides is 2. The zero-order chi connectivity index (χ0) is 18.6. The maximum atomic E-state index is 12.2. The third-order valence-corrected chi connectivity index (χ3v) is 4.10. The molecule has 0 spiro atoms. The molecule has 2 aromatic carbocycles. The highest BCUT2D eigenvalue weighted by molar-refractivity contribution is 5.96. The Bertz CT molecular complexity index is 882. The Morgan fingerprint density at radius 1 is 0.852 bits per heavy atom. The lowest BCUT2D eigenvalue weighted by Gasteiger charge is -2.19. The summed E-state index contributed by atoms with van der Waals surface area (Å²) in [6.07, 6.45) is 0.144. The van der Waals surface area contributed by atoms with Gasteiger partial charge in [-0.05, 0) is 30.3 Å². The number of carbonyl (C=O) groups is 2. The summed E-state index contributed by atoms with van der Waals surface area (Å²) in [6.45, 7) is 1.36. The molecule has 0 fully saturated rings. The molecule has 140 valence electrons. The van der Waals surface area contributed by atoms with E-state index in [0.717, 1.165) is 0 Å². The van der Waals surface area contributed by atoms with Gasteiger partial charge in [0.05, 0.1) is 0 Å². The monoisotopic (exact) mass is 370 g/mol. The number of rotatable bonds is 5. The van der Waals surface area contributed by atoms with Gasteiger partial charge in [0.25, 0.3) is 5.91 Å². The van der Waals surface area contributed by atoms with Gasteiger partial charge < -0.3 is 29.6 Å². The van der Waals surface area contributed by atoms with Crippen LogP contribution < -0.4 is 29.6 Å². The van der Waals surface area contributed by atoms with E-state index in [1.54, 1.807) is 36.4 Å². The second-order valence-corrected chi connectivity index (χ2v) is 5.98. The minimum absolute atomic E-state index is 0.144. The van der Waals surface area contributed by atoms with Crippen LogP contribution in [0.4, 0.5) is 5.69 Å². The largest absolute Gasteiger partial charge is 0.486 e. The Hall–Kier alpha value is -3.42. The van der Waals surface area contributed by atoms with E-state index in [-0.39, 0.29) is 31.6 Å². The molecule has 2 aliphatic heterocycles. The van der Waals surface area contributed by atoms with Gasteiger partial charge in [0.1, 0.15) is 13.2 Å². The minimum Gasteiger partial charge on any atom is -0.486 e. The van der Waals surface area contributed by atoms with E-state index in [2.05, 4.69) is 10.6 Å². The molecule has 0 saturated heterocycles. The van der Waals surface area contributed by atoms with Crippen molar-refractivity contribution in [2.24, 2.45) is 0 Å². The van der Waals surface area contributed by atoms with Crippen LogP contribution in [-0.2, 0) is 4.79 Å². The second-order valence-electron chi connectivity index (χ2n) is 5.98. The molecule has 27 heavy (non-hydrogen) atoms. The van der Waals surface area contributed by atoms with E-state index >= 15 is 0 Å². The number of anilines is 1. The Balaban J connectivity index is 1.26.